The van der Waals surface area contributed by atoms with Gasteiger partial charge in [0.25, 0.3) is 0 Å². The highest BCUT2D eigenvalue weighted by Crippen LogP contribution is 2.35. The average molecular weight is 460 g/mol. The monoisotopic (exact) mass is 459 g/mol. The van der Waals surface area contributed by atoms with E-state index >= 15 is 0 Å². The van der Waals surface area contributed by atoms with Crippen LogP contribution in [0.5, 0.6) is 0 Å². The lowest BCUT2D eigenvalue weighted by Crippen LogP contribution is -2.62. The Morgan fingerprint density at radius 3 is 2.65 bits per heavy atom. The summed E-state index contributed by atoms with van der Waals surface area (Å²) in [5, 5.41) is 4.42. The quantitative estimate of drug-likeness (QED) is 0.728. The van der Waals surface area contributed by atoms with Crippen LogP contribution in [0, 0.1) is 12.7 Å². The summed E-state index contributed by atoms with van der Waals surface area (Å²) < 4.78 is 13.2. The van der Waals surface area contributed by atoms with Crippen molar-refractivity contribution in [2.75, 3.05) is 11.9 Å². The first kappa shape index (κ1) is 21.4. The van der Waals surface area contributed by atoms with E-state index < -0.39 is 29.0 Å². The van der Waals surface area contributed by atoms with Gasteiger partial charge in [-0.15, -0.1) is 11.8 Å². The largest absolute Gasteiger partial charge is 0.328 e. The number of amides is 4. The second-order valence-corrected chi connectivity index (χ2v) is 8.78. The number of hydrogen-bond donors (Lipinski definition) is 1. The van der Waals surface area contributed by atoms with Crippen LogP contribution in [0.25, 0.3) is 0 Å². The number of nitrogens with zero attached hydrogens (tertiary/aromatic N) is 2. The number of urea groups is 1. The number of para-hydroxylation sites is 1. The Hall–Kier alpha value is -2.84. The third-order valence-corrected chi connectivity index (χ3v) is 6.61. The van der Waals surface area contributed by atoms with Crippen molar-refractivity contribution in [3.8, 4) is 0 Å². The molecule has 4 rings (SSSR count). The number of nitrogens with one attached hydrogen (secondary N) is 1. The molecule has 0 saturated carbocycles. The summed E-state index contributed by atoms with van der Waals surface area (Å²) in [5.74, 6) is -1.14. The molecule has 0 aromatic heterocycles. The van der Waals surface area contributed by atoms with E-state index in [0.29, 0.717) is 16.3 Å². The molecule has 6 nitrogen and oxygen atoms in total. The number of anilines is 1. The maximum Gasteiger partial charge on any atom is 0.328 e. The zero-order chi connectivity index (χ0) is 22.1. The molecule has 2 unspecified atom stereocenters. The SMILES string of the molecule is Cc1cccc(Cl)c1NC(=O)CN1C(=O)N(Cc2ccc(F)cc2)C(=O)C2SC=CC21. The van der Waals surface area contributed by atoms with Crippen molar-refractivity contribution in [1.82, 2.24) is 9.80 Å². The van der Waals surface area contributed by atoms with Gasteiger partial charge in [0.15, 0.2) is 0 Å². The molecule has 2 aromatic rings. The number of imide groups is 1. The first-order valence-corrected chi connectivity index (χ1v) is 10.9. The molecule has 0 spiro atoms. The molecule has 160 valence electrons. The Morgan fingerprint density at radius 1 is 1.19 bits per heavy atom. The highest BCUT2D eigenvalue weighted by Gasteiger charge is 2.47. The number of hydrogen-bond acceptors (Lipinski definition) is 4. The Morgan fingerprint density at radius 2 is 1.94 bits per heavy atom. The molecule has 1 N–H and O–H groups in total. The number of thioether (sulfide) groups is 1. The van der Waals surface area contributed by atoms with E-state index in [2.05, 4.69) is 5.32 Å². The first-order chi connectivity index (χ1) is 14.8. The molecule has 2 heterocycles. The van der Waals surface area contributed by atoms with Gasteiger partial charge in [0, 0.05) is 0 Å². The van der Waals surface area contributed by atoms with Crippen LogP contribution in [-0.2, 0) is 16.1 Å². The molecule has 9 heteroatoms. The number of carbonyl (C=O) groups excluding carboxylic acids is 3. The van der Waals surface area contributed by atoms with Crippen molar-refractivity contribution in [3.63, 3.8) is 0 Å². The summed E-state index contributed by atoms with van der Waals surface area (Å²) in [6.45, 7) is 1.59. The number of halogens is 2. The second-order valence-electron chi connectivity index (χ2n) is 7.32. The fourth-order valence-corrected chi connectivity index (χ4v) is 4.94. The van der Waals surface area contributed by atoms with Crippen LogP contribution in [0.1, 0.15) is 11.1 Å². The fourth-order valence-electron chi connectivity index (χ4n) is 3.61. The van der Waals surface area contributed by atoms with Gasteiger partial charge in [0.2, 0.25) is 11.8 Å². The zero-order valence-electron chi connectivity index (χ0n) is 16.5. The van der Waals surface area contributed by atoms with Gasteiger partial charge < -0.3 is 10.2 Å². The van der Waals surface area contributed by atoms with Gasteiger partial charge >= 0.3 is 6.03 Å². The van der Waals surface area contributed by atoms with Crippen molar-refractivity contribution in [2.45, 2.75) is 24.8 Å². The molecule has 0 aliphatic carbocycles. The Balaban J connectivity index is 1.54. The molecule has 31 heavy (non-hydrogen) atoms. The topological polar surface area (TPSA) is 69.7 Å². The number of rotatable bonds is 5. The van der Waals surface area contributed by atoms with Gasteiger partial charge in [0.05, 0.1) is 23.3 Å². The zero-order valence-corrected chi connectivity index (χ0v) is 18.1. The van der Waals surface area contributed by atoms with Crippen LogP contribution < -0.4 is 5.32 Å². The maximum absolute atomic E-state index is 13.2. The van der Waals surface area contributed by atoms with Crippen molar-refractivity contribution in [1.29, 1.82) is 0 Å². The lowest BCUT2D eigenvalue weighted by atomic mass is 10.1. The number of fused-ring (bicyclic) bond motifs is 1. The molecule has 0 radical (unpaired) electrons. The van der Waals surface area contributed by atoms with Crippen LogP contribution in [0.2, 0.25) is 5.02 Å². The van der Waals surface area contributed by atoms with Crippen molar-refractivity contribution in [2.24, 2.45) is 0 Å². The minimum absolute atomic E-state index is 0.00344. The summed E-state index contributed by atoms with van der Waals surface area (Å²) >= 11 is 7.50. The molecule has 1 saturated heterocycles. The second kappa shape index (κ2) is 8.72. The Labute approximate surface area is 188 Å². The molecule has 2 atom stereocenters. The van der Waals surface area contributed by atoms with Gasteiger partial charge in [-0.25, -0.2) is 9.18 Å². The van der Waals surface area contributed by atoms with Gasteiger partial charge in [-0.3, -0.25) is 14.5 Å². The minimum atomic E-state index is -0.561. The van der Waals surface area contributed by atoms with Gasteiger partial charge in [-0.2, -0.15) is 0 Å². The van der Waals surface area contributed by atoms with E-state index in [9.17, 15) is 18.8 Å². The number of benzene rings is 2. The molecular formula is C22H19ClFN3O3S. The van der Waals surface area contributed by atoms with E-state index in [1.807, 2.05) is 13.0 Å². The molecule has 2 aromatic carbocycles. The number of aryl methyl sites for hydroxylation is 1. The van der Waals surface area contributed by atoms with E-state index in [0.717, 1.165) is 10.5 Å². The van der Waals surface area contributed by atoms with Gasteiger partial charge in [-0.1, -0.05) is 41.9 Å². The van der Waals surface area contributed by atoms with Crippen molar-refractivity contribution < 1.29 is 18.8 Å². The van der Waals surface area contributed by atoms with Crippen LogP contribution in [0.15, 0.2) is 53.9 Å². The van der Waals surface area contributed by atoms with E-state index in [4.69, 9.17) is 11.6 Å². The molecule has 1 fully saturated rings. The fraction of sp³-hybridized carbons (Fsp3) is 0.227. The van der Waals surface area contributed by atoms with Gasteiger partial charge in [0.1, 0.15) is 17.6 Å². The Kier molecular flexibility index (Phi) is 6.02. The van der Waals surface area contributed by atoms with E-state index in [-0.39, 0.29) is 19.0 Å². The lowest BCUT2D eigenvalue weighted by Gasteiger charge is -2.41. The summed E-state index contributed by atoms with van der Waals surface area (Å²) in [6, 6.07) is 9.82. The highest BCUT2D eigenvalue weighted by atomic mass is 35.5. The molecule has 4 amide bonds. The number of carbonyl (C=O) groups is 3. The molecule has 0 bridgehead atoms. The van der Waals surface area contributed by atoms with Crippen LogP contribution >= 0.6 is 23.4 Å². The van der Waals surface area contributed by atoms with E-state index in [1.165, 1.54) is 40.9 Å². The normalized spacial score (nSPS) is 20.2. The Bertz CT molecular complexity index is 1060. The molecule has 2 aliphatic rings. The van der Waals surface area contributed by atoms with Crippen LogP contribution in [-0.4, -0.2) is 45.5 Å². The van der Waals surface area contributed by atoms with Crippen LogP contribution in [0.3, 0.4) is 0 Å². The molecular weight excluding hydrogens is 441 g/mol. The summed E-state index contributed by atoms with van der Waals surface area (Å²) in [7, 11) is 0. The first-order valence-electron chi connectivity index (χ1n) is 9.58. The minimum Gasteiger partial charge on any atom is -0.323 e. The smallest absolute Gasteiger partial charge is 0.323 e. The van der Waals surface area contributed by atoms with Gasteiger partial charge in [-0.05, 0) is 41.7 Å². The standard InChI is InChI=1S/C22H19ClFN3O3S/c1-13-3-2-4-16(23)19(13)25-18(28)12-26-17-9-10-31-20(17)21(29)27(22(26)30)11-14-5-7-15(24)8-6-14/h2-10,17,20H,11-12H2,1H3,(H,25,28). The predicted octanol–water partition coefficient (Wildman–Crippen LogP) is 4.19. The van der Waals surface area contributed by atoms with Crippen molar-refractivity contribution in [3.05, 3.63) is 75.9 Å². The predicted molar refractivity (Wildman–Crippen MR) is 118 cm³/mol. The lowest BCUT2D eigenvalue weighted by molar-refractivity contribution is -0.132. The van der Waals surface area contributed by atoms with Crippen LogP contribution in [0.4, 0.5) is 14.9 Å². The highest BCUT2D eigenvalue weighted by molar-refractivity contribution is 8.03. The van der Waals surface area contributed by atoms with E-state index in [1.54, 1.807) is 23.6 Å². The maximum atomic E-state index is 13.2. The molecule has 2 aliphatic heterocycles. The summed E-state index contributed by atoms with van der Waals surface area (Å²) in [6.07, 6.45) is 1.76. The summed E-state index contributed by atoms with van der Waals surface area (Å²) in [4.78, 5) is 41.4. The third kappa shape index (κ3) is 4.31. The third-order valence-electron chi connectivity index (χ3n) is 5.21. The average Bonchev–Trinajstić information content (AvgIpc) is 3.23. The summed E-state index contributed by atoms with van der Waals surface area (Å²) in [5.41, 5.74) is 1.91. The van der Waals surface area contributed by atoms with Crippen molar-refractivity contribution >= 4 is 46.9 Å².